The molecule has 0 aliphatic rings. The molecule has 200 valence electrons. The maximum absolute atomic E-state index is 13.1. The molecule has 0 radical (unpaired) electrons. The Bertz CT molecular complexity index is 907. The maximum atomic E-state index is 13.1. The summed E-state index contributed by atoms with van der Waals surface area (Å²) in [6.07, 6.45) is 0.200. The molecular weight excluding hydrogens is 468 g/mol. The van der Waals surface area contributed by atoms with Gasteiger partial charge in [-0.25, -0.2) is 4.79 Å². The zero-order chi connectivity index (χ0) is 27.4. The zero-order valence-electron chi connectivity index (χ0n) is 21.2. The van der Waals surface area contributed by atoms with Crippen LogP contribution in [0.15, 0.2) is 30.3 Å². The summed E-state index contributed by atoms with van der Waals surface area (Å²) in [6.45, 7) is 7.25. The Morgan fingerprint density at radius 1 is 0.861 bits per heavy atom. The van der Waals surface area contributed by atoms with Gasteiger partial charge in [-0.15, -0.1) is 0 Å². The molecule has 11 heteroatoms. The van der Waals surface area contributed by atoms with E-state index < -0.39 is 60.2 Å². The number of carbonyl (C=O) groups excluding carboxylic acids is 3. The second kappa shape index (κ2) is 14.8. The molecule has 0 spiro atoms. The molecule has 0 aliphatic heterocycles. The van der Waals surface area contributed by atoms with Crippen LogP contribution in [-0.4, -0.2) is 64.0 Å². The van der Waals surface area contributed by atoms with E-state index in [2.05, 4.69) is 16.0 Å². The number of carboxylic acids is 2. The van der Waals surface area contributed by atoms with Gasteiger partial charge in [-0.05, 0) is 23.8 Å². The van der Waals surface area contributed by atoms with Crippen molar-refractivity contribution in [2.75, 3.05) is 0 Å². The summed E-state index contributed by atoms with van der Waals surface area (Å²) >= 11 is 0. The molecule has 0 saturated carbocycles. The van der Waals surface area contributed by atoms with Crippen LogP contribution in [0.1, 0.15) is 52.5 Å². The third-order valence-electron chi connectivity index (χ3n) is 5.76. The van der Waals surface area contributed by atoms with Gasteiger partial charge in [0.2, 0.25) is 17.7 Å². The Balaban J connectivity index is 3.03. The lowest BCUT2D eigenvalue weighted by molar-refractivity contribution is -0.142. The Kier molecular flexibility index (Phi) is 12.6. The summed E-state index contributed by atoms with van der Waals surface area (Å²) in [5.41, 5.74) is 6.35. The molecule has 1 rings (SSSR count). The van der Waals surface area contributed by atoms with Crippen LogP contribution < -0.4 is 21.7 Å². The van der Waals surface area contributed by atoms with E-state index in [0.29, 0.717) is 6.42 Å². The van der Waals surface area contributed by atoms with E-state index in [1.165, 1.54) is 0 Å². The number of nitrogens with one attached hydrogen (secondary N) is 3. The summed E-state index contributed by atoms with van der Waals surface area (Å²) in [5, 5.41) is 26.2. The lowest BCUT2D eigenvalue weighted by Gasteiger charge is -2.28. The summed E-state index contributed by atoms with van der Waals surface area (Å²) in [7, 11) is 0. The molecule has 11 nitrogen and oxygen atoms in total. The molecule has 7 N–H and O–H groups in total. The van der Waals surface area contributed by atoms with Crippen molar-refractivity contribution in [1.29, 1.82) is 0 Å². The van der Waals surface area contributed by atoms with Gasteiger partial charge in [-0.1, -0.05) is 64.4 Å². The molecule has 0 bridgehead atoms. The largest absolute Gasteiger partial charge is 0.481 e. The molecule has 5 unspecified atom stereocenters. The van der Waals surface area contributed by atoms with Crippen LogP contribution in [0.5, 0.6) is 0 Å². The minimum atomic E-state index is -1.34. The van der Waals surface area contributed by atoms with E-state index in [1.807, 2.05) is 20.8 Å². The molecule has 3 amide bonds. The van der Waals surface area contributed by atoms with Gasteiger partial charge in [0.15, 0.2) is 0 Å². The highest BCUT2D eigenvalue weighted by Crippen LogP contribution is 2.12. The van der Waals surface area contributed by atoms with Crippen LogP contribution in [-0.2, 0) is 30.4 Å². The minimum absolute atomic E-state index is 0.0186. The van der Waals surface area contributed by atoms with Crippen molar-refractivity contribution in [3.05, 3.63) is 35.9 Å². The van der Waals surface area contributed by atoms with Crippen LogP contribution in [0.25, 0.3) is 0 Å². The molecule has 5 atom stereocenters. The Morgan fingerprint density at radius 2 is 1.44 bits per heavy atom. The van der Waals surface area contributed by atoms with Crippen molar-refractivity contribution in [3.8, 4) is 0 Å². The molecule has 0 aromatic heterocycles. The lowest BCUT2D eigenvalue weighted by Crippen LogP contribution is -2.59. The quantitative estimate of drug-likeness (QED) is 0.200. The van der Waals surface area contributed by atoms with E-state index in [0.717, 1.165) is 5.56 Å². The first-order chi connectivity index (χ1) is 16.8. The summed E-state index contributed by atoms with van der Waals surface area (Å²) in [6, 6.07) is 4.18. The van der Waals surface area contributed by atoms with Crippen LogP contribution in [0.2, 0.25) is 0 Å². The molecular formula is C25H38N4O7. The first-order valence-electron chi connectivity index (χ1n) is 12.0. The normalized spacial score (nSPS) is 15.2. The van der Waals surface area contributed by atoms with Crippen molar-refractivity contribution in [2.45, 2.75) is 77.5 Å². The standard InChI is InChI=1S/C25H38N4O7/c1-5-15(4)21(24(34)28-19(25(35)36)12-16-9-7-6-8-10-16)29-23(33)18(11-14(2)3)27-22(32)17(26)13-20(30)31/h6-10,14-15,17-19,21H,5,11-13,26H2,1-4H3,(H,27,32)(H,28,34)(H,29,33)(H,30,31)(H,35,36). The van der Waals surface area contributed by atoms with Crippen molar-refractivity contribution in [2.24, 2.45) is 17.6 Å². The van der Waals surface area contributed by atoms with E-state index >= 15 is 0 Å². The molecule has 0 saturated heterocycles. The number of carboxylic acid groups (broad SMARTS) is 2. The van der Waals surface area contributed by atoms with Gasteiger partial charge < -0.3 is 31.9 Å². The SMILES string of the molecule is CCC(C)C(NC(=O)C(CC(C)C)NC(=O)C(N)CC(=O)O)C(=O)NC(Cc1ccccc1)C(=O)O. The fourth-order valence-electron chi connectivity index (χ4n) is 3.53. The lowest BCUT2D eigenvalue weighted by atomic mass is 9.96. The van der Waals surface area contributed by atoms with Gasteiger partial charge in [0.05, 0.1) is 12.5 Å². The third kappa shape index (κ3) is 10.4. The molecule has 1 aromatic carbocycles. The van der Waals surface area contributed by atoms with Gasteiger partial charge in [0.25, 0.3) is 0 Å². The second-order valence-corrected chi connectivity index (χ2v) is 9.36. The van der Waals surface area contributed by atoms with Crippen molar-refractivity contribution in [3.63, 3.8) is 0 Å². The first kappa shape index (κ1) is 30.6. The Labute approximate surface area is 211 Å². The number of hydrogen-bond donors (Lipinski definition) is 6. The van der Waals surface area contributed by atoms with Gasteiger partial charge in [-0.3, -0.25) is 19.2 Å². The zero-order valence-corrected chi connectivity index (χ0v) is 21.2. The summed E-state index contributed by atoms with van der Waals surface area (Å²) < 4.78 is 0. The molecule has 36 heavy (non-hydrogen) atoms. The van der Waals surface area contributed by atoms with E-state index in [1.54, 1.807) is 37.3 Å². The number of carbonyl (C=O) groups is 5. The monoisotopic (exact) mass is 506 g/mol. The second-order valence-electron chi connectivity index (χ2n) is 9.36. The smallest absolute Gasteiger partial charge is 0.326 e. The molecule has 0 fully saturated rings. The number of hydrogen-bond acceptors (Lipinski definition) is 6. The first-order valence-corrected chi connectivity index (χ1v) is 12.0. The predicted octanol–water partition coefficient (Wildman–Crippen LogP) is 0.662. The van der Waals surface area contributed by atoms with Crippen LogP contribution in [0, 0.1) is 11.8 Å². The van der Waals surface area contributed by atoms with Gasteiger partial charge in [0.1, 0.15) is 18.1 Å². The number of aliphatic carboxylic acids is 2. The summed E-state index contributed by atoms with van der Waals surface area (Å²) in [5.74, 6) is -4.91. The highest BCUT2D eigenvalue weighted by Gasteiger charge is 2.33. The Hall–Kier alpha value is -3.47. The maximum Gasteiger partial charge on any atom is 0.326 e. The van der Waals surface area contributed by atoms with Crippen molar-refractivity contribution >= 4 is 29.7 Å². The highest BCUT2D eigenvalue weighted by atomic mass is 16.4. The fraction of sp³-hybridized carbons (Fsp3) is 0.560. The van der Waals surface area contributed by atoms with Crippen LogP contribution >= 0.6 is 0 Å². The van der Waals surface area contributed by atoms with E-state index in [4.69, 9.17) is 10.8 Å². The Morgan fingerprint density at radius 3 is 1.94 bits per heavy atom. The van der Waals surface area contributed by atoms with E-state index in [-0.39, 0.29) is 24.7 Å². The fourth-order valence-corrected chi connectivity index (χ4v) is 3.53. The number of nitrogens with two attached hydrogens (primary N) is 1. The highest BCUT2D eigenvalue weighted by molar-refractivity contribution is 5.94. The predicted molar refractivity (Wildman–Crippen MR) is 133 cm³/mol. The third-order valence-corrected chi connectivity index (χ3v) is 5.76. The van der Waals surface area contributed by atoms with Gasteiger partial charge in [-0.2, -0.15) is 0 Å². The van der Waals surface area contributed by atoms with Crippen LogP contribution in [0.4, 0.5) is 0 Å². The number of amides is 3. The van der Waals surface area contributed by atoms with Crippen molar-refractivity contribution in [1.82, 2.24) is 16.0 Å². The van der Waals surface area contributed by atoms with E-state index in [9.17, 15) is 29.1 Å². The average Bonchev–Trinajstić information content (AvgIpc) is 2.80. The minimum Gasteiger partial charge on any atom is -0.481 e. The topological polar surface area (TPSA) is 188 Å². The molecule has 0 aliphatic carbocycles. The number of benzene rings is 1. The van der Waals surface area contributed by atoms with Gasteiger partial charge >= 0.3 is 11.9 Å². The van der Waals surface area contributed by atoms with Crippen LogP contribution in [0.3, 0.4) is 0 Å². The van der Waals surface area contributed by atoms with Crippen molar-refractivity contribution < 1.29 is 34.2 Å². The van der Waals surface area contributed by atoms with Gasteiger partial charge in [0, 0.05) is 6.42 Å². The number of rotatable bonds is 15. The average molecular weight is 507 g/mol. The molecule has 0 heterocycles. The molecule has 1 aromatic rings. The summed E-state index contributed by atoms with van der Waals surface area (Å²) in [4.78, 5) is 61.3.